The highest BCUT2D eigenvalue weighted by molar-refractivity contribution is 5.92. The summed E-state index contributed by atoms with van der Waals surface area (Å²) in [6.07, 6.45) is 1.39. The Kier molecular flexibility index (Phi) is 2.39. The normalized spacial score (nSPS) is 16.8. The molecule has 0 aliphatic heterocycles. The van der Waals surface area contributed by atoms with Crippen LogP contribution in [0.25, 0.3) is 0 Å². The molecule has 1 saturated carbocycles. The minimum atomic E-state index is -0.730. The van der Waals surface area contributed by atoms with E-state index in [-0.39, 0.29) is 12.3 Å². The van der Waals surface area contributed by atoms with Crippen LogP contribution in [0.4, 0.5) is 0 Å². The van der Waals surface area contributed by atoms with Gasteiger partial charge < -0.3 is 15.4 Å². The van der Waals surface area contributed by atoms with E-state index in [0.717, 1.165) is 6.07 Å². The van der Waals surface area contributed by atoms with Gasteiger partial charge in [-0.2, -0.15) is 0 Å². The van der Waals surface area contributed by atoms with Gasteiger partial charge in [-0.1, -0.05) is 0 Å². The van der Waals surface area contributed by atoms with E-state index in [4.69, 9.17) is 5.11 Å². The van der Waals surface area contributed by atoms with Crippen LogP contribution in [0.15, 0.2) is 15.7 Å². The zero-order valence-electron chi connectivity index (χ0n) is 8.37. The minimum absolute atomic E-state index is 0.103. The highest BCUT2D eigenvalue weighted by Gasteiger charge is 2.43. The highest BCUT2D eigenvalue weighted by atomic mass is 16.3. The van der Waals surface area contributed by atoms with Gasteiger partial charge in [0.05, 0.1) is 12.1 Å². The van der Waals surface area contributed by atoms with Gasteiger partial charge in [0.15, 0.2) is 0 Å². The van der Waals surface area contributed by atoms with Gasteiger partial charge in [0.2, 0.25) is 0 Å². The number of hydrogen-bond acceptors (Lipinski definition) is 4. The van der Waals surface area contributed by atoms with Crippen molar-refractivity contribution in [2.75, 3.05) is 6.61 Å². The van der Waals surface area contributed by atoms with Crippen molar-refractivity contribution < 1.29 is 9.90 Å². The van der Waals surface area contributed by atoms with Gasteiger partial charge in [-0.25, -0.2) is 4.79 Å². The van der Waals surface area contributed by atoms with E-state index in [1.165, 1.54) is 0 Å². The van der Waals surface area contributed by atoms with Crippen LogP contribution in [-0.4, -0.2) is 33.1 Å². The number of carbonyl (C=O) groups excluding carboxylic acids is 1. The molecule has 0 unspecified atom stereocenters. The lowest BCUT2D eigenvalue weighted by atomic mass is 10.2. The van der Waals surface area contributed by atoms with E-state index in [2.05, 4.69) is 10.3 Å². The average molecular weight is 225 g/mol. The summed E-state index contributed by atoms with van der Waals surface area (Å²) in [7, 11) is 0. The Labute approximate surface area is 89.5 Å². The Morgan fingerprint density at radius 2 is 2.12 bits per heavy atom. The first-order chi connectivity index (χ1) is 7.54. The van der Waals surface area contributed by atoms with Gasteiger partial charge >= 0.3 is 5.69 Å². The molecule has 2 rings (SSSR count). The number of hydrogen-bond donors (Lipinski definition) is 4. The third-order valence-corrected chi connectivity index (χ3v) is 2.54. The van der Waals surface area contributed by atoms with Gasteiger partial charge in [-0.3, -0.25) is 14.6 Å². The Morgan fingerprint density at radius 3 is 2.62 bits per heavy atom. The molecular weight excluding hydrogens is 214 g/mol. The van der Waals surface area contributed by atoms with E-state index >= 15 is 0 Å². The Bertz CT molecular complexity index is 498. The maximum absolute atomic E-state index is 11.6. The number of amides is 1. The van der Waals surface area contributed by atoms with Crippen molar-refractivity contribution in [3.8, 4) is 0 Å². The molecule has 7 heteroatoms. The Morgan fingerprint density at radius 1 is 1.44 bits per heavy atom. The van der Waals surface area contributed by atoms with Crippen molar-refractivity contribution in [3.63, 3.8) is 0 Å². The van der Waals surface area contributed by atoms with Crippen molar-refractivity contribution >= 4 is 5.91 Å². The molecule has 16 heavy (non-hydrogen) atoms. The summed E-state index contributed by atoms with van der Waals surface area (Å²) >= 11 is 0. The number of nitrogens with one attached hydrogen (secondary N) is 3. The van der Waals surface area contributed by atoms with Crippen molar-refractivity contribution in [1.82, 2.24) is 15.3 Å². The topological polar surface area (TPSA) is 115 Å². The van der Waals surface area contributed by atoms with Gasteiger partial charge in [0, 0.05) is 6.07 Å². The zero-order chi connectivity index (χ0) is 11.8. The zero-order valence-corrected chi connectivity index (χ0v) is 8.37. The first-order valence-electron chi connectivity index (χ1n) is 4.82. The molecule has 1 amide bonds. The first-order valence-corrected chi connectivity index (χ1v) is 4.82. The highest BCUT2D eigenvalue weighted by Crippen LogP contribution is 2.34. The fourth-order valence-electron chi connectivity index (χ4n) is 1.37. The SMILES string of the molecule is O=C(NC1(CO)CC1)c1cc(=O)[nH]c(=O)[nH]1. The minimum Gasteiger partial charge on any atom is -0.394 e. The standard InChI is InChI=1S/C9H11N3O4/c13-4-9(1-2-9)12-7(15)5-3-6(14)11-8(16)10-5/h3,13H,1-2,4H2,(H,12,15)(H2,10,11,14,16). The van der Waals surface area contributed by atoms with E-state index in [9.17, 15) is 14.4 Å². The molecule has 0 aromatic carbocycles. The molecule has 0 saturated heterocycles. The number of aromatic nitrogens is 2. The molecule has 86 valence electrons. The van der Waals surface area contributed by atoms with Crippen LogP contribution in [0.5, 0.6) is 0 Å². The van der Waals surface area contributed by atoms with Crippen LogP contribution in [-0.2, 0) is 0 Å². The summed E-state index contributed by atoms with van der Waals surface area (Å²) in [5.74, 6) is -0.560. The third kappa shape index (κ3) is 2.03. The molecule has 0 spiro atoms. The van der Waals surface area contributed by atoms with E-state index in [0.29, 0.717) is 12.8 Å². The fraction of sp³-hybridized carbons (Fsp3) is 0.444. The Hall–Kier alpha value is -1.89. The lowest BCUT2D eigenvalue weighted by molar-refractivity contribution is 0.0901. The monoisotopic (exact) mass is 225 g/mol. The van der Waals surface area contributed by atoms with Crippen molar-refractivity contribution in [2.45, 2.75) is 18.4 Å². The summed E-state index contributed by atoms with van der Waals surface area (Å²) in [6.45, 7) is -0.147. The van der Waals surface area contributed by atoms with Crippen LogP contribution < -0.4 is 16.6 Å². The quantitative estimate of drug-likeness (QED) is 0.491. The fourth-order valence-corrected chi connectivity index (χ4v) is 1.37. The second-order valence-electron chi connectivity index (χ2n) is 3.89. The lowest BCUT2D eigenvalue weighted by Gasteiger charge is -2.13. The number of aliphatic hydroxyl groups is 1. The number of aromatic amines is 2. The van der Waals surface area contributed by atoms with E-state index in [1.807, 2.05) is 4.98 Å². The number of H-pyrrole nitrogens is 2. The molecule has 4 N–H and O–H groups in total. The number of aliphatic hydroxyl groups excluding tert-OH is 1. The smallest absolute Gasteiger partial charge is 0.326 e. The second kappa shape index (κ2) is 3.60. The molecule has 0 radical (unpaired) electrons. The lowest BCUT2D eigenvalue weighted by Crippen LogP contribution is -2.41. The molecule has 1 aliphatic rings. The molecule has 0 atom stereocenters. The van der Waals surface area contributed by atoms with Gasteiger partial charge in [0.25, 0.3) is 11.5 Å². The van der Waals surface area contributed by atoms with Crippen LogP contribution in [0.2, 0.25) is 0 Å². The molecule has 1 aromatic heterocycles. The van der Waals surface area contributed by atoms with Crippen molar-refractivity contribution in [3.05, 3.63) is 32.6 Å². The first kappa shape index (κ1) is 10.6. The summed E-state index contributed by atoms with van der Waals surface area (Å²) < 4.78 is 0. The Balaban J connectivity index is 2.21. The van der Waals surface area contributed by atoms with Gasteiger partial charge in [0.1, 0.15) is 5.69 Å². The summed E-state index contributed by atoms with van der Waals surface area (Å²) in [6, 6.07) is 1.00. The van der Waals surface area contributed by atoms with Crippen LogP contribution in [0, 0.1) is 0 Å². The van der Waals surface area contributed by atoms with Crippen molar-refractivity contribution in [2.24, 2.45) is 0 Å². The van der Waals surface area contributed by atoms with Crippen LogP contribution >= 0.6 is 0 Å². The summed E-state index contributed by atoms with van der Waals surface area (Å²) in [4.78, 5) is 37.7. The predicted octanol–water partition coefficient (Wildman–Crippen LogP) is -1.68. The molecule has 7 nitrogen and oxygen atoms in total. The summed E-state index contributed by atoms with van der Waals surface area (Å²) in [5, 5.41) is 11.6. The van der Waals surface area contributed by atoms with Crippen molar-refractivity contribution in [1.29, 1.82) is 0 Å². The molecule has 1 aromatic rings. The van der Waals surface area contributed by atoms with Crippen LogP contribution in [0.1, 0.15) is 23.3 Å². The van der Waals surface area contributed by atoms with Gasteiger partial charge in [-0.05, 0) is 12.8 Å². The van der Waals surface area contributed by atoms with Crippen LogP contribution in [0.3, 0.4) is 0 Å². The number of carbonyl (C=O) groups is 1. The molecule has 1 heterocycles. The summed E-state index contributed by atoms with van der Waals surface area (Å²) in [5.41, 5.74) is -2.04. The molecular formula is C9H11N3O4. The maximum atomic E-state index is 11.6. The molecule has 1 aliphatic carbocycles. The number of rotatable bonds is 3. The maximum Gasteiger partial charge on any atom is 0.326 e. The van der Waals surface area contributed by atoms with Gasteiger partial charge in [-0.15, -0.1) is 0 Å². The predicted molar refractivity (Wildman–Crippen MR) is 54.2 cm³/mol. The molecule has 1 fully saturated rings. The molecule has 0 bridgehead atoms. The second-order valence-corrected chi connectivity index (χ2v) is 3.89. The van der Waals surface area contributed by atoms with E-state index in [1.54, 1.807) is 0 Å². The average Bonchev–Trinajstić information content (AvgIpc) is 2.97. The third-order valence-electron chi connectivity index (χ3n) is 2.54. The van der Waals surface area contributed by atoms with E-state index < -0.39 is 22.7 Å². The largest absolute Gasteiger partial charge is 0.394 e.